The first-order chi connectivity index (χ1) is 19.9. The van der Waals surface area contributed by atoms with E-state index >= 15 is 0 Å². The van der Waals surface area contributed by atoms with Gasteiger partial charge in [0.1, 0.15) is 4.83 Å². The van der Waals surface area contributed by atoms with Gasteiger partial charge in [0.2, 0.25) is 0 Å². The molecule has 8 heteroatoms. The first-order valence-electron chi connectivity index (χ1n) is 16.8. The number of pyridine rings is 1. The van der Waals surface area contributed by atoms with Gasteiger partial charge >= 0.3 is 51.4 Å². The third kappa shape index (κ3) is 5.23. The van der Waals surface area contributed by atoms with Crippen LogP contribution in [0.1, 0.15) is 80.3 Å². The van der Waals surface area contributed by atoms with Crippen molar-refractivity contribution in [1.82, 2.24) is 14.8 Å². The van der Waals surface area contributed by atoms with Crippen molar-refractivity contribution in [3.63, 3.8) is 0 Å². The Kier molecular flexibility index (Phi) is 3.17. The molecule has 1 atom stereocenters. The molecule has 3 heterocycles. The Hall–Kier alpha value is -0.224. The third-order valence-electron chi connectivity index (χ3n) is 3.35. The molecule has 1 N–H and O–H groups in total. The van der Waals surface area contributed by atoms with Gasteiger partial charge in [-0.15, -0.1) is 11.3 Å². The van der Waals surface area contributed by atoms with E-state index < -0.39 is 104 Å². The van der Waals surface area contributed by atoms with E-state index in [2.05, 4.69) is 0 Å². The molecular formula is C19H26KN3O3S. The predicted octanol–water partition coefficient (Wildman–Crippen LogP) is -0.673. The van der Waals surface area contributed by atoms with Gasteiger partial charge in [0, 0.05) is 41.3 Å². The van der Waals surface area contributed by atoms with E-state index in [0.717, 1.165) is 6.07 Å². The molecule has 6 nitrogen and oxygen atoms in total. The zero-order valence-corrected chi connectivity index (χ0v) is 18.1. The average Bonchev–Trinajstić information content (AvgIpc) is 3.34. The van der Waals surface area contributed by atoms with Gasteiger partial charge in [-0.3, -0.25) is 14.2 Å². The van der Waals surface area contributed by atoms with E-state index in [1.165, 1.54) is 5.38 Å². The maximum atomic E-state index is 13.5. The Morgan fingerprint density at radius 2 is 2.26 bits per heavy atom. The van der Waals surface area contributed by atoms with Crippen LogP contribution in [0.4, 0.5) is 0 Å². The zero-order chi connectivity index (χ0) is 35.3. The summed E-state index contributed by atoms with van der Waals surface area (Å²) in [6.45, 7) is -18.1. The normalized spacial score (nSPS) is 37.3. The molecule has 2 aromatic rings. The molecule has 27 heavy (non-hydrogen) atoms. The van der Waals surface area contributed by atoms with Crippen LogP contribution >= 0.6 is 11.3 Å². The van der Waals surface area contributed by atoms with Gasteiger partial charge in [-0.05, 0) is 63.8 Å². The summed E-state index contributed by atoms with van der Waals surface area (Å²) in [5.74, 6) is -3.10. The molecule has 3 rings (SSSR count). The molecular weight excluding hydrogens is 389 g/mol. The number of hydrogen-bond acceptors (Lipinski definition) is 5. The van der Waals surface area contributed by atoms with Crippen molar-refractivity contribution >= 4 is 27.5 Å². The van der Waals surface area contributed by atoms with Crippen LogP contribution in [0.25, 0.3) is 10.2 Å². The Labute approximate surface area is 233 Å². The molecule has 0 aliphatic carbocycles. The SMILES string of the molecule is [2H]C(CCN([2H])C(=O)c1c([O-])c2ccsc2n(C([2H])(C([2H])([2H])[2H])C([2H])([2H])[2H])c1=O)N1C([2H])([2H])C([2H])([2H])C([2H])([2H])C([2H])([2H])C1([2H])[2H].[K+]. The molecule has 142 valence electrons. The zero-order valence-electron chi connectivity index (χ0n) is 33.1. The minimum absolute atomic E-state index is 0. The number of amides is 1. The quantitative estimate of drug-likeness (QED) is 0.612. The van der Waals surface area contributed by atoms with E-state index in [0.29, 0.717) is 11.3 Å². The number of carbonyl (C=O) groups is 1. The topological polar surface area (TPSA) is 77.4 Å². The number of nitrogens with zero attached hydrogens (tertiary/aromatic N) is 2. The van der Waals surface area contributed by atoms with Crippen LogP contribution < -0.4 is 67.4 Å². The standard InChI is InChI=1S/C19H27N3O3S.K/c1-13(2)22-18(25)15(16(23)14-7-12-26-19(14)22)17(24)20-8-6-11-21-9-4-3-5-10-21;/h7,12-13,23H,3-6,8-11H2,1-2H3,(H,20,24);/q;+1/p-1/i1D3,2D3,3D2,4D2,5D2,9D2,10D2,11D,13D;/hD. The van der Waals surface area contributed by atoms with Crippen molar-refractivity contribution in [2.75, 3.05) is 26.1 Å². The van der Waals surface area contributed by atoms with Gasteiger partial charge in [0.05, 0.1) is 6.93 Å². The molecule has 1 aliphatic rings. The van der Waals surface area contributed by atoms with Gasteiger partial charge in [-0.2, -0.15) is 0 Å². The first kappa shape index (κ1) is 8.13. The molecule has 1 aliphatic heterocycles. The van der Waals surface area contributed by atoms with Crippen LogP contribution in [-0.4, -0.2) is 41.4 Å². The number of piperidine rings is 1. The van der Waals surface area contributed by atoms with Gasteiger partial charge in [0.15, 0.2) is 1.41 Å². The smallest absolute Gasteiger partial charge is 0.871 e. The second-order valence-electron chi connectivity index (χ2n) is 4.96. The molecule has 0 aromatic carbocycles. The van der Waals surface area contributed by atoms with Crippen LogP contribution in [0.3, 0.4) is 0 Å². The summed E-state index contributed by atoms with van der Waals surface area (Å²) in [7, 11) is 0. The minimum atomic E-state index is -3.75. The van der Waals surface area contributed by atoms with Gasteiger partial charge in [-0.25, -0.2) is 0 Å². The number of fused-ring (bicyclic) bond motifs is 1. The Bertz CT molecular complexity index is 1510. The number of thiophene rings is 1. The molecule has 1 saturated heterocycles. The van der Waals surface area contributed by atoms with Crippen molar-refractivity contribution in [2.45, 2.75) is 45.3 Å². The fourth-order valence-corrected chi connectivity index (χ4v) is 3.13. The number of hydrogen-bond donors (Lipinski definition) is 1. The summed E-state index contributed by atoms with van der Waals surface area (Å²) in [6, 6.07) is -2.68. The summed E-state index contributed by atoms with van der Waals surface area (Å²) in [5, 5.41) is 13.7. The number of likely N-dealkylation sites (tertiary alicyclic amines) is 1. The van der Waals surface area contributed by atoms with Crippen LogP contribution in [0.2, 0.25) is 1.41 Å². The third-order valence-corrected chi connectivity index (χ3v) is 4.25. The number of carbonyl (C=O) groups excluding carboxylic acids is 1. The van der Waals surface area contributed by atoms with Crippen molar-refractivity contribution in [3.8, 4) is 5.75 Å². The molecule has 1 unspecified atom stereocenters. The van der Waals surface area contributed by atoms with Crippen molar-refractivity contribution in [1.29, 1.82) is 0 Å². The fraction of sp³-hybridized carbons (Fsp3) is 0.579. The summed E-state index contributed by atoms with van der Waals surface area (Å²) < 4.78 is 151. The predicted molar refractivity (Wildman–Crippen MR) is 103 cm³/mol. The molecule has 0 bridgehead atoms. The molecule has 0 saturated carbocycles. The molecule has 0 radical (unpaired) electrons. The molecule has 2 aromatic heterocycles. The van der Waals surface area contributed by atoms with Gasteiger partial charge < -0.3 is 15.3 Å². The van der Waals surface area contributed by atoms with Crippen molar-refractivity contribution < 1.29 is 87.4 Å². The van der Waals surface area contributed by atoms with Gasteiger partial charge in [-0.1, -0.05) is 12.1 Å². The summed E-state index contributed by atoms with van der Waals surface area (Å²) >= 11 is 0.541. The minimum Gasteiger partial charge on any atom is -0.871 e. The fourth-order valence-electron chi connectivity index (χ4n) is 2.23. The van der Waals surface area contributed by atoms with E-state index in [4.69, 9.17) is 26.1 Å². The Balaban J connectivity index is 0.00000736. The van der Waals surface area contributed by atoms with Crippen LogP contribution in [0.15, 0.2) is 16.2 Å². The molecule has 1 amide bonds. The largest absolute Gasteiger partial charge is 1.00 e. The van der Waals surface area contributed by atoms with E-state index in [9.17, 15) is 14.7 Å². The van der Waals surface area contributed by atoms with E-state index in [1.807, 2.05) is 0 Å². The molecule has 0 spiro atoms. The second-order valence-corrected chi connectivity index (χ2v) is 5.85. The molecule has 1 fully saturated rings. The van der Waals surface area contributed by atoms with E-state index in [1.54, 1.807) is 0 Å². The first-order valence-corrected chi connectivity index (χ1v) is 8.13. The number of aromatic nitrogens is 1. The number of nitrogens with one attached hydrogen (secondary N) is 1. The number of rotatable bonds is 6. The maximum absolute atomic E-state index is 13.5. The second kappa shape index (κ2) is 10.5. The Morgan fingerprint density at radius 3 is 2.96 bits per heavy atom. The van der Waals surface area contributed by atoms with Gasteiger partial charge in [0.25, 0.3) is 11.5 Å². The van der Waals surface area contributed by atoms with Crippen molar-refractivity contribution in [3.05, 3.63) is 27.4 Å². The van der Waals surface area contributed by atoms with Crippen LogP contribution in [-0.2, 0) is 0 Å². The van der Waals surface area contributed by atoms with Crippen molar-refractivity contribution in [2.24, 2.45) is 0 Å². The van der Waals surface area contributed by atoms with Crippen LogP contribution in [0.5, 0.6) is 5.75 Å². The average molecular weight is 435 g/mol. The van der Waals surface area contributed by atoms with Crippen LogP contribution in [0, 0.1) is 0 Å². The summed E-state index contributed by atoms with van der Waals surface area (Å²) in [4.78, 5) is 26.0. The van der Waals surface area contributed by atoms with E-state index in [-0.39, 0.29) is 66.2 Å². The summed E-state index contributed by atoms with van der Waals surface area (Å²) in [5.41, 5.74) is -3.26. The summed E-state index contributed by atoms with van der Waals surface area (Å²) in [6.07, 6.45) is -12.2. The Morgan fingerprint density at radius 1 is 1.52 bits per heavy atom. The monoisotopic (exact) mass is 434 g/mol. The maximum Gasteiger partial charge on any atom is 1.00 e.